The van der Waals surface area contributed by atoms with Crippen LogP contribution in [0.15, 0.2) is 65.1 Å². The maximum absolute atomic E-state index is 14.8. The molecule has 4 heterocycles. The van der Waals surface area contributed by atoms with E-state index in [-0.39, 0.29) is 23.6 Å². The van der Waals surface area contributed by atoms with Gasteiger partial charge in [0.15, 0.2) is 5.78 Å². The Morgan fingerprint density at radius 1 is 1.03 bits per heavy atom. The van der Waals surface area contributed by atoms with Crippen LogP contribution in [0.1, 0.15) is 39.9 Å². The van der Waals surface area contributed by atoms with Crippen molar-refractivity contribution in [3.8, 4) is 0 Å². The standard InChI is InChI=1S/C29H23BrClN3O3/c1-15-13-19-23(20(31)14-15)33-27(37)29(19)25(24(35)16-8-10-17(30)11-9-16)28(22-7-4-12-34(22)29)18-5-2-3-6-21(18)32-26(28)36/h2-3,5-6,8-11,13-14,22,25H,4,7,12H2,1H3,(H,32,36)(H,33,37)/t22-,25-,28+,29+/m0/s1. The normalized spacial score (nSPS) is 29.4. The maximum atomic E-state index is 14.8. The Hall–Kier alpha value is -3.00. The quantitative estimate of drug-likeness (QED) is 0.399. The molecule has 0 unspecified atom stereocenters. The summed E-state index contributed by atoms with van der Waals surface area (Å²) in [5, 5.41) is 6.53. The second-order valence-corrected chi connectivity index (χ2v) is 11.7. The van der Waals surface area contributed by atoms with Gasteiger partial charge in [-0.1, -0.05) is 63.9 Å². The summed E-state index contributed by atoms with van der Waals surface area (Å²) >= 11 is 10.1. The number of halogens is 2. The van der Waals surface area contributed by atoms with E-state index in [0.29, 0.717) is 40.5 Å². The molecule has 0 aliphatic carbocycles. The molecular weight excluding hydrogens is 554 g/mol. The Morgan fingerprint density at radius 3 is 2.57 bits per heavy atom. The molecular formula is C29H23BrClN3O3. The van der Waals surface area contributed by atoms with E-state index in [1.807, 2.05) is 55.5 Å². The number of benzene rings is 3. The van der Waals surface area contributed by atoms with E-state index in [1.54, 1.807) is 12.1 Å². The van der Waals surface area contributed by atoms with Crippen LogP contribution in [0.25, 0.3) is 0 Å². The zero-order valence-corrected chi connectivity index (χ0v) is 22.3. The number of fused-ring (bicyclic) bond motifs is 7. The summed E-state index contributed by atoms with van der Waals surface area (Å²) in [6.07, 6.45) is 1.53. The fourth-order valence-electron chi connectivity index (χ4n) is 7.52. The number of aryl methyl sites for hydroxylation is 1. The number of amides is 2. The first-order valence-electron chi connectivity index (χ1n) is 12.4. The number of nitrogens with one attached hydrogen (secondary N) is 2. The van der Waals surface area contributed by atoms with E-state index in [0.717, 1.165) is 22.0 Å². The Kier molecular flexibility index (Phi) is 4.85. The van der Waals surface area contributed by atoms with Gasteiger partial charge >= 0.3 is 0 Å². The summed E-state index contributed by atoms with van der Waals surface area (Å²) in [5.74, 6) is -1.74. The van der Waals surface area contributed by atoms with Crippen LogP contribution in [-0.2, 0) is 20.5 Å². The average Bonchev–Trinajstić information content (AvgIpc) is 3.59. The second-order valence-electron chi connectivity index (χ2n) is 10.4. The molecule has 6 nitrogen and oxygen atoms in total. The lowest BCUT2D eigenvalue weighted by Gasteiger charge is -2.38. The van der Waals surface area contributed by atoms with Gasteiger partial charge in [-0.15, -0.1) is 0 Å². The van der Waals surface area contributed by atoms with Gasteiger partial charge in [-0.05, 0) is 61.7 Å². The van der Waals surface area contributed by atoms with Gasteiger partial charge in [-0.2, -0.15) is 0 Å². The zero-order valence-electron chi connectivity index (χ0n) is 20.0. The van der Waals surface area contributed by atoms with Crippen molar-refractivity contribution in [3.63, 3.8) is 0 Å². The molecule has 3 aromatic rings. The van der Waals surface area contributed by atoms with Crippen LogP contribution < -0.4 is 10.6 Å². The molecule has 4 aliphatic heterocycles. The summed E-state index contributed by atoms with van der Waals surface area (Å²) in [6.45, 7) is 2.53. The van der Waals surface area contributed by atoms with Gasteiger partial charge in [0, 0.05) is 27.3 Å². The van der Waals surface area contributed by atoms with Crippen molar-refractivity contribution >= 4 is 56.5 Å². The third-order valence-corrected chi connectivity index (χ3v) is 9.55. The third-order valence-electron chi connectivity index (χ3n) is 8.72. The van der Waals surface area contributed by atoms with Crippen molar-refractivity contribution in [1.29, 1.82) is 0 Å². The largest absolute Gasteiger partial charge is 0.325 e. The molecule has 0 radical (unpaired) electrons. The highest BCUT2D eigenvalue weighted by molar-refractivity contribution is 9.10. The molecule has 2 saturated heterocycles. The molecule has 4 aliphatic rings. The minimum atomic E-state index is -1.37. The molecule has 2 fully saturated rings. The minimum Gasteiger partial charge on any atom is -0.325 e. The number of carbonyl (C=O) groups is 3. The number of ketones is 1. The van der Waals surface area contributed by atoms with E-state index in [2.05, 4.69) is 31.5 Å². The number of hydrogen-bond donors (Lipinski definition) is 2. The number of hydrogen-bond acceptors (Lipinski definition) is 4. The summed E-state index contributed by atoms with van der Waals surface area (Å²) in [6, 6.07) is 18.2. The van der Waals surface area contributed by atoms with Crippen LogP contribution in [0.2, 0.25) is 5.02 Å². The van der Waals surface area contributed by atoms with Crippen LogP contribution in [0.5, 0.6) is 0 Å². The highest BCUT2D eigenvalue weighted by Crippen LogP contribution is 2.66. The second kappa shape index (κ2) is 7.76. The van der Waals surface area contributed by atoms with Crippen LogP contribution in [0.3, 0.4) is 0 Å². The van der Waals surface area contributed by atoms with Gasteiger partial charge in [0.25, 0.3) is 0 Å². The lowest BCUT2D eigenvalue weighted by atomic mass is 9.60. The Bertz CT molecular complexity index is 1540. The van der Waals surface area contributed by atoms with Crippen molar-refractivity contribution in [1.82, 2.24) is 4.90 Å². The van der Waals surface area contributed by atoms with E-state index in [1.165, 1.54) is 0 Å². The van der Waals surface area contributed by atoms with Crippen molar-refractivity contribution < 1.29 is 14.4 Å². The Balaban J connectivity index is 1.60. The van der Waals surface area contributed by atoms with Crippen molar-refractivity contribution in [2.75, 3.05) is 17.2 Å². The van der Waals surface area contributed by atoms with Crippen LogP contribution in [0, 0.1) is 12.8 Å². The fraction of sp³-hybridized carbons (Fsp3) is 0.276. The maximum Gasteiger partial charge on any atom is 0.250 e. The van der Waals surface area contributed by atoms with Gasteiger partial charge in [0.05, 0.1) is 16.6 Å². The zero-order chi connectivity index (χ0) is 25.7. The molecule has 8 heteroatoms. The molecule has 186 valence electrons. The highest BCUT2D eigenvalue weighted by atomic mass is 79.9. The molecule has 37 heavy (non-hydrogen) atoms. The summed E-state index contributed by atoms with van der Waals surface area (Å²) in [4.78, 5) is 45.4. The molecule has 0 saturated carbocycles. The molecule has 3 aromatic carbocycles. The van der Waals surface area contributed by atoms with Gasteiger partial charge < -0.3 is 10.6 Å². The average molecular weight is 577 g/mol. The smallest absolute Gasteiger partial charge is 0.250 e. The number of rotatable bonds is 2. The molecule has 2 N–H and O–H groups in total. The van der Waals surface area contributed by atoms with E-state index >= 15 is 0 Å². The minimum absolute atomic E-state index is 0.224. The predicted octanol–water partition coefficient (Wildman–Crippen LogP) is 5.43. The molecule has 2 spiro atoms. The summed E-state index contributed by atoms with van der Waals surface area (Å²) in [5.41, 5.74) is 1.44. The highest BCUT2D eigenvalue weighted by Gasteiger charge is 2.78. The fourth-order valence-corrected chi connectivity index (χ4v) is 8.10. The molecule has 0 aromatic heterocycles. The monoisotopic (exact) mass is 575 g/mol. The first-order chi connectivity index (χ1) is 17.8. The molecule has 4 atom stereocenters. The predicted molar refractivity (Wildman–Crippen MR) is 145 cm³/mol. The SMILES string of the molecule is Cc1cc(Cl)c2c(c1)[C@]1(C(=O)N2)[C@@H](C(=O)c2ccc(Br)cc2)[C@]2(C(=O)Nc3ccccc32)[C@@H]2CCCN21. The van der Waals surface area contributed by atoms with E-state index in [9.17, 15) is 14.4 Å². The molecule has 2 amide bonds. The number of para-hydroxylation sites is 1. The Labute approximate surface area is 227 Å². The lowest BCUT2D eigenvalue weighted by molar-refractivity contribution is -0.128. The first kappa shape index (κ1) is 23.1. The number of Topliss-reactive ketones (excluding diaryl/α,β-unsaturated/α-hetero) is 1. The molecule has 7 rings (SSSR count). The van der Waals surface area contributed by atoms with Crippen molar-refractivity contribution in [2.24, 2.45) is 5.92 Å². The van der Waals surface area contributed by atoms with Crippen molar-refractivity contribution in [3.05, 3.63) is 92.4 Å². The van der Waals surface area contributed by atoms with E-state index in [4.69, 9.17) is 11.6 Å². The first-order valence-corrected chi connectivity index (χ1v) is 13.6. The van der Waals surface area contributed by atoms with Gasteiger partial charge in [0.1, 0.15) is 11.0 Å². The van der Waals surface area contributed by atoms with Crippen LogP contribution >= 0.6 is 27.5 Å². The topological polar surface area (TPSA) is 78.5 Å². The lowest BCUT2D eigenvalue weighted by Crippen LogP contribution is -2.55. The number of nitrogens with zero attached hydrogens (tertiary/aromatic N) is 1. The van der Waals surface area contributed by atoms with E-state index < -0.39 is 16.9 Å². The van der Waals surface area contributed by atoms with Crippen LogP contribution in [-0.4, -0.2) is 35.1 Å². The van der Waals surface area contributed by atoms with Gasteiger partial charge in [-0.3, -0.25) is 19.3 Å². The molecule has 0 bridgehead atoms. The Morgan fingerprint density at radius 2 is 1.78 bits per heavy atom. The number of carbonyl (C=O) groups excluding carboxylic acids is 3. The van der Waals surface area contributed by atoms with Crippen molar-refractivity contribution in [2.45, 2.75) is 36.8 Å². The summed E-state index contributed by atoms with van der Waals surface area (Å²) < 4.78 is 0.843. The third kappa shape index (κ3) is 2.72. The van der Waals surface area contributed by atoms with Gasteiger partial charge in [0.2, 0.25) is 11.8 Å². The number of anilines is 2. The van der Waals surface area contributed by atoms with Gasteiger partial charge in [-0.25, -0.2) is 0 Å². The summed E-state index contributed by atoms with van der Waals surface area (Å²) in [7, 11) is 0. The van der Waals surface area contributed by atoms with Crippen LogP contribution in [0.4, 0.5) is 11.4 Å².